The van der Waals surface area contributed by atoms with E-state index in [1.165, 1.54) is 12.8 Å². The largest absolute Gasteiger partial charge is 0.349 e. The minimum atomic E-state index is 0.217. The van der Waals surface area contributed by atoms with Crippen molar-refractivity contribution in [3.8, 4) is 0 Å². The highest BCUT2D eigenvalue weighted by atomic mass is 16.2. The van der Waals surface area contributed by atoms with Gasteiger partial charge in [0.05, 0.1) is 0 Å². The molecule has 1 amide bonds. The maximum Gasteiger partial charge on any atom is 0.223 e. The van der Waals surface area contributed by atoms with E-state index in [-0.39, 0.29) is 5.91 Å². The van der Waals surface area contributed by atoms with Gasteiger partial charge in [-0.05, 0) is 38.8 Å². The van der Waals surface area contributed by atoms with Gasteiger partial charge in [0.25, 0.3) is 0 Å². The Balaban J connectivity index is 2.20. The van der Waals surface area contributed by atoms with Gasteiger partial charge in [0, 0.05) is 33.1 Å². The van der Waals surface area contributed by atoms with Crippen LogP contribution in [0.15, 0.2) is 0 Å². The molecule has 94 valence electrons. The van der Waals surface area contributed by atoms with Gasteiger partial charge in [-0.1, -0.05) is 0 Å². The molecule has 0 spiro atoms. The lowest BCUT2D eigenvalue weighted by molar-refractivity contribution is -0.129. The number of hydrogen-bond donors (Lipinski definition) is 1. The molecule has 1 rings (SSSR count). The summed E-state index contributed by atoms with van der Waals surface area (Å²) in [7, 11) is 3.62. The van der Waals surface area contributed by atoms with Crippen LogP contribution in [0, 0.1) is 5.92 Å². The van der Waals surface area contributed by atoms with Crippen LogP contribution in [0.1, 0.15) is 26.2 Å². The number of amides is 1. The fraction of sp³-hybridized carbons (Fsp3) is 0.917. The normalized spacial score (nSPS) is 20.8. The van der Waals surface area contributed by atoms with Crippen LogP contribution in [-0.4, -0.2) is 55.5 Å². The van der Waals surface area contributed by atoms with E-state index in [9.17, 15) is 4.79 Å². The summed E-state index contributed by atoms with van der Waals surface area (Å²) in [5, 5.41) is 0. The van der Waals surface area contributed by atoms with Crippen LogP contribution < -0.4 is 5.73 Å². The zero-order valence-corrected chi connectivity index (χ0v) is 10.8. The summed E-state index contributed by atoms with van der Waals surface area (Å²) in [6.07, 6.45) is 2.98. The van der Waals surface area contributed by atoms with Crippen molar-refractivity contribution in [2.24, 2.45) is 11.7 Å². The van der Waals surface area contributed by atoms with Gasteiger partial charge in [0.15, 0.2) is 0 Å². The molecule has 0 aromatic heterocycles. The van der Waals surface area contributed by atoms with Crippen molar-refractivity contribution in [2.45, 2.75) is 32.2 Å². The lowest BCUT2D eigenvalue weighted by Crippen LogP contribution is -2.41. The van der Waals surface area contributed by atoms with E-state index < -0.39 is 0 Å². The Morgan fingerprint density at radius 2 is 2.00 bits per heavy atom. The second-order valence-corrected chi connectivity index (χ2v) is 5.08. The lowest BCUT2D eigenvalue weighted by Gasteiger charge is -2.33. The Hall–Kier alpha value is -0.610. The number of likely N-dealkylation sites (tertiary alicyclic amines) is 1. The average molecular weight is 227 g/mol. The van der Waals surface area contributed by atoms with Gasteiger partial charge in [-0.15, -0.1) is 0 Å². The molecule has 0 aliphatic carbocycles. The molecule has 0 radical (unpaired) electrons. The van der Waals surface area contributed by atoms with Gasteiger partial charge in [0.2, 0.25) is 5.91 Å². The molecule has 1 heterocycles. The Bertz CT molecular complexity index is 220. The number of nitrogens with two attached hydrogens (primary N) is 1. The fourth-order valence-electron chi connectivity index (χ4n) is 2.18. The van der Waals surface area contributed by atoms with Gasteiger partial charge in [-0.2, -0.15) is 0 Å². The monoisotopic (exact) mass is 227 g/mol. The Morgan fingerprint density at radius 3 is 2.44 bits per heavy atom. The van der Waals surface area contributed by atoms with Crippen LogP contribution in [0.2, 0.25) is 0 Å². The van der Waals surface area contributed by atoms with Crippen molar-refractivity contribution in [2.75, 3.05) is 33.7 Å². The molecule has 1 atom stereocenters. The molecule has 1 unspecified atom stereocenters. The van der Waals surface area contributed by atoms with Crippen molar-refractivity contribution in [1.29, 1.82) is 0 Å². The van der Waals surface area contributed by atoms with Crippen LogP contribution in [0.25, 0.3) is 0 Å². The molecule has 1 aliphatic heterocycles. The second kappa shape index (κ2) is 6.21. The van der Waals surface area contributed by atoms with Gasteiger partial charge in [0.1, 0.15) is 0 Å². The summed E-state index contributed by atoms with van der Waals surface area (Å²) in [6.45, 7) is 5.17. The molecule has 16 heavy (non-hydrogen) atoms. The molecule has 0 aromatic rings. The zero-order chi connectivity index (χ0) is 12.1. The average Bonchev–Trinajstić information content (AvgIpc) is 2.26. The summed E-state index contributed by atoms with van der Waals surface area (Å²) < 4.78 is 0. The first-order valence-electron chi connectivity index (χ1n) is 6.18. The highest BCUT2D eigenvalue weighted by Gasteiger charge is 2.21. The van der Waals surface area contributed by atoms with Crippen LogP contribution in [-0.2, 0) is 4.79 Å². The number of piperidine rings is 1. The van der Waals surface area contributed by atoms with Crippen LogP contribution in [0.4, 0.5) is 0 Å². The van der Waals surface area contributed by atoms with Gasteiger partial charge < -0.3 is 15.5 Å². The van der Waals surface area contributed by atoms with E-state index in [1.807, 2.05) is 14.1 Å². The summed E-state index contributed by atoms with van der Waals surface area (Å²) in [5.41, 5.74) is 5.90. The fourth-order valence-corrected chi connectivity index (χ4v) is 2.18. The third-order valence-electron chi connectivity index (χ3n) is 3.52. The maximum absolute atomic E-state index is 11.4. The van der Waals surface area contributed by atoms with Gasteiger partial charge in [-0.25, -0.2) is 0 Å². The lowest BCUT2D eigenvalue weighted by atomic mass is 9.91. The number of nitrogens with zero attached hydrogens (tertiary/aromatic N) is 2. The van der Waals surface area contributed by atoms with E-state index in [0.717, 1.165) is 19.6 Å². The molecule has 0 aromatic carbocycles. The first kappa shape index (κ1) is 13.5. The van der Waals surface area contributed by atoms with Crippen molar-refractivity contribution in [3.05, 3.63) is 0 Å². The number of rotatable bonds is 4. The first-order chi connectivity index (χ1) is 7.50. The van der Waals surface area contributed by atoms with E-state index >= 15 is 0 Å². The van der Waals surface area contributed by atoms with Crippen molar-refractivity contribution in [1.82, 2.24) is 9.80 Å². The summed E-state index contributed by atoms with van der Waals surface area (Å²) in [4.78, 5) is 15.5. The molecular weight excluding hydrogens is 202 g/mol. The summed E-state index contributed by atoms with van der Waals surface area (Å²) >= 11 is 0. The molecule has 2 N–H and O–H groups in total. The third kappa shape index (κ3) is 4.10. The highest BCUT2D eigenvalue weighted by Crippen LogP contribution is 2.19. The van der Waals surface area contributed by atoms with Crippen molar-refractivity contribution in [3.63, 3.8) is 0 Å². The second-order valence-electron chi connectivity index (χ2n) is 5.08. The smallest absolute Gasteiger partial charge is 0.223 e. The molecule has 1 aliphatic rings. The predicted octanol–water partition coefficient (Wildman–Crippen LogP) is 0.524. The molecular formula is C12H25N3O. The van der Waals surface area contributed by atoms with E-state index in [1.54, 1.807) is 4.90 Å². The summed E-state index contributed by atoms with van der Waals surface area (Å²) in [5.74, 6) is 0.884. The number of hydrogen-bond acceptors (Lipinski definition) is 3. The van der Waals surface area contributed by atoms with Crippen molar-refractivity contribution >= 4 is 5.91 Å². The topological polar surface area (TPSA) is 49.6 Å². The van der Waals surface area contributed by atoms with Gasteiger partial charge in [-0.3, -0.25) is 4.79 Å². The number of carbonyl (C=O) groups is 1. The summed E-state index contributed by atoms with van der Waals surface area (Å²) in [6, 6.07) is 0.311. The van der Waals surface area contributed by atoms with Crippen LogP contribution >= 0.6 is 0 Å². The minimum Gasteiger partial charge on any atom is -0.349 e. The van der Waals surface area contributed by atoms with Crippen LogP contribution in [0.5, 0.6) is 0 Å². The molecule has 4 nitrogen and oxygen atoms in total. The molecule has 0 bridgehead atoms. The van der Waals surface area contributed by atoms with Gasteiger partial charge >= 0.3 is 0 Å². The SMILES string of the molecule is CC(N)C1CCN(CCC(=O)N(C)C)CC1. The van der Waals surface area contributed by atoms with E-state index in [2.05, 4.69) is 11.8 Å². The Labute approximate surface area is 98.8 Å². The third-order valence-corrected chi connectivity index (χ3v) is 3.52. The van der Waals surface area contributed by atoms with Crippen molar-refractivity contribution < 1.29 is 4.79 Å². The van der Waals surface area contributed by atoms with E-state index in [0.29, 0.717) is 18.4 Å². The van der Waals surface area contributed by atoms with E-state index in [4.69, 9.17) is 5.73 Å². The van der Waals surface area contributed by atoms with Crippen LogP contribution in [0.3, 0.4) is 0 Å². The molecule has 1 saturated heterocycles. The minimum absolute atomic E-state index is 0.217. The standard InChI is InChI=1S/C12H25N3O/c1-10(13)11-4-7-15(8-5-11)9-6-12(16)14(2)3/h10-11H,4-9,13H2,1-3H3. The first-order valence-corrected chi connectivity index (χ1v) is 6.18. The predicted molar refractivity (Wildman–Crippen MR) is 66.1 cm³/mol. The zero-order valence-electron chi connectivity index (χ0n) is 10.8. The number of carbonyl (C=O) groups excluding carboxylic acids is 1. The molecule has 0 saturated carbocycles. The quantitative estimate of drug-likeness (QED) is 0.762. The maximum atomic E-state index is 11.4. The molecule has 1 fully saturated rings. The highest BCUT2D eigenvalue weighted by molar-refractivity contribution is 5.75. The molecule has 4 heteroatoms. The Kier molecular flexibility index (Phi) is 5.22. The Morgan fingerprint density at radius 1 is 1.44 bits per heavy atom.